The zero-order valence-electron chi connectivity index (χ0n) is 18.8. The SMILES string of the molecule is Cn1nc(C2CCOCC2)cc1Nc1nccc(-c2cc(C#N)c3c(c2)[C@@](C)(CO)CN3)n1. The average molecular weight is 446 g/mol. The second-order valence-electron chi connectivity index (χ2n) is 8.99. The number of rotatable bonds is 5. The molecule has 4 heterocycles. The van der Waals surface area contributed by atoms with Gasteiger partial charge < -0.3 is 20.5 Å². The number of hydrogen-bond donors (Lipinski definition) is 3. The first kappa shape index (κ1) is 21.4. The molecule has 0 amide bonds. The van der Waals surface area contributed by atoms with Crippen LogP contribution < -0.4 is 10.6 Å². The molecule has 0 bridgehead atoms. The first-order chi connectivity index (χ1) is 16.0. The molecule has 170 valence electrons. The molecular formula is C24H27N7O2. The molecule has 2 aliphatic heterocycles. The van der Waals surface area contributed by atoms with Gasteiger partial charge >= 0.3 is 0 Å². The summed E-state index contributed by atoms with van der Waals surface area (Å²) in [6.45, 7) is 4.11. The molecule has 0 radical (unpaired) electrons. The van der Waals surface area contributed by atoms with Gasteiger partial charge in [0.05, 0.1) is 29.2 Å². The Hall–Kier alpha value is -3.48. The van der Waals surface area contributed by atoms with E-state index in [0.29, 0.717) is 29.7 Å². The molecule has 3 N–H and O–H groups in total. The summed E-state index contributed by atoms with van der Waals surface area (Å²) in [6, 6.07) is 9.98. The molecule has 0 unspecified atom stereocenters. The molecule has 9 heteroatoms. The predicted octanol–water partition coefficient (Wildman–Crippen LogP) is 3.06. The minimum atomic E-state index is -0.444. The van der Waals surface area contributed by atoms with E-state index < -0.39 is 5.41 Å². The maximum absolute atomic E-state index is 9.95. The Balaban J connectivity index is 1.45. The Morgan fingerprint density at radius 2 is 2.15 bits per heavy atom. The third-order valence-electron chi connectivity index (χ3n) is 6.64. The number of aliphatic hydroxyl groups excluding tert-OH is 1. The van der Waals surface area contributed by atoms with Crippen molar-refractivity contribution in [3.8, 4) is 17.3 Å². The van der Waals surface area contributed by atoms with Crippen molar-refractivity contribution < 1.29 is 9.84 Å². The number of nitrogens with zero attached hydrogens (tertiary/aromatic N) is 5. The highest BCUT2D eigenvalue weighted by molar-refractivity contribution is 5.76. The maximum Gasteiger partial charge on any atom is 0.228 e. The standard InChI is InChI=1S/C24H27N7O2/c1-24(14-32)13-27-22-17(12-25)9-16(10-18(22)24)19-3-6-26-23(28-19)29-21-11-20(30-31(21)2)15-4-7-33-8-5-15/h3,6,9-11,15,27,32H,4-5,7-8,13-14H2,1-2H3,(H,26,28,29)/t24-/m1/s1. The molecule has 2 aliphatic rings. The molecule has 1 atom stereocenters. The third kappa shape index (κ3) is 3.92. The van der Waals surface area contributed by atoms with E-state index in [1.54, 1.807) is 6.20 Å². The summed E-state index contributed by atoms with van der Waals surface area (Å²) in [4.78, 5) is 9.08. The molecule has 9 nitrogen and oxygen atoms in total. The zero-order chi connectivity index (χ0) is 23.0. The van der Waals surface area contributed by atoms with Crippen LogP contribution in [0.2, 0.25) is 0 Å². The minimum absolute atomic E-state index is 0.00611. The lowest BCUT2D eigenvalue weighted by atomic mass is 9.83. The molecule has 1 fully saturated rings. The number of hydrogen-bond acceptors (Lipinski definition) is 8. The molecule has 0 aliphatic carbocycles. The van der Waals surface area contributed by atoms with E-state index in [4.69, 9.17) is 9.72 Å². The van der Waals surface area contributed by atoms with Crippen molar-refractivity contribution >= 4 is 17.5 Å². The Bertz CT molecular complexity index is 1230. The highest BCUT2D eigenvalue weighted by Crippen LogP contribution is 2.41. The van der Waals surface area contributed by atoms with Gasteiger partial charge in [-0.1, -0.05) is 6.92 Å². The van der Waals surface area contributed by atoms with Crippen LogP contribution in [0, 0.1) is 11.3 Å². The van der Waals surface area contributed by atoms with Crippen molar-refractivity contribution in [3.63, 3.8) is 0 Å². The van der Waals surface area contributed by atoms with Gasteiger partial charge in [0.1, 0.15) is 11.9 Å². The van der Waals surface area contributed by atoms with Gasteiger partial charge in [0.25, 0.3) is 0 Å². The van der Waals surface area contributed by atoms with Crippen LogP contribution in [-0.4, -0.2) is 51.2 Å². The highest BCUT2D eigenvalue weighted by atomic mass is 16.5. The van der Waals surface area contributed by atoms with E-state index in [1.807, 2.05) is 42.9 Å². The summed E-state index contributed by atoms with van der Waals surface area (Å²) >= 11 is 0. The normalized spacial score (nSPS) is 20.2. The summed E-state index contributed by atoms with van der Waals surface area (Å²) in [7, 11) is 1.90. The van der Waals surface area contributed by atoms with Crippen LogP contribution in [0.4, 0.5) is 17.5 Å². The van der Waals surface area contributed by atoms with Crippen molar-refractivity contribution in [1.29, 1.82) is 5.26 Å². The number of ether oxygens (including phenoxy) is 1. The van der Waals surface area contributed by atoms with E-state index >= 15 is 0 Å². The number of aliphatic hydroxyl groups is 1. The molecule has 0 saturated carbocycles. The van der Waals surface area contributed by atoms with Crippen molar-refractivity contribution in [2.75, 3.05) is 37.0 Å². The fourth-order valence-electron chi connectivity index (χ4n) is 4.56. The summed E-state index contributed by atoms with van der Waals surface area (Å²) in [5.74, 6) is 1.67. The third-order valence-corrected chi connectivity index (χ3v) is 6.64. The number of anilines is 3. The number of benzene rings is 1. The lowest BCUT2D eigenvalue weighted by Crippen LogP contribution is -2.28. The Morgan fingerprint density at radius 3 is 2.91 bits per heavy atom. The van der Waals surface area contributed by atoms with Gasteiger partial charge in [0, 0.05) is 56.0 Å². The predicted molar refractivity (Wildman–Crippen MR) is 124 cm³/mol. The minimum Gasteiger partial charge on any atom is -0.395 e. The first-order valence-corrected chi connectivity index (χ1v) is 11.2. The Kier molecular flexibility index (Phi) is 5.48. The topological polar surface area (TPSA) is 121 Å². The summed E-state index contributed by atoms with van der Waals surface area (Å²) in [5.41, 5.74) is 4.38. The second-order valence-corrected chi connectivity index (χ2v) is 8.99. The largest absolute Gasteiger partial charge is 0.395 e. The second kappa shape index (κ2) is 8.46. The van der Waals surface area contributed by atoms with E-state index in [0.717, 1.165) is 54.4 Å². The lowest BCUT2D eigenvalue weighted by Gasteiger charge is -2.21. The van der Waals surface area contributed by atoms with Crippen molar-refractivity contribution in [2.45, 2.75) is 31.1 Å². The molecule has 33 heavy (non-hydrogen) atoms. The monoisotopic (exact) mass is 445 g/mol. The Morgan fingerprint density at radius 1 is 1.33 bits per heavy atom. The number of nitrogens with one attached hydrogen (secondary N) is 2. The molecule has 0 spiro atoms. The van der Waals surface area contributed by atoms with Crippen molar-refractivity contribution in [2.24, 2.45) is 7.05 Å². The average Bonchev–Trinajstić information content (AvgIpc) is 3.39. The van der Waals surface area contributed by atoms with Crippen LogP contribution in [0.25, 0.3) is 11.3 Å². The summed E-state index contributed by atoms with van der Waals surface area (Å²) in [5, 5.41) is 30.9. The van der Waals surface area contributed by atoms with Gasteiger partial charge in [0.15, 0.2) is 0 Å². The van der Waals surface area contributed by atoms with Crippen LogP contribution in [0.5, 0.6) is 0 Å². The van der Waals surface area contributed by atoms with Crippen LogP contribution >= 0.6 is 0 Å². The van der Waals surface area contributed by atoms with Crippen molar-refractivity contribution in [1.82, 2.24) is 19.7 Å². The number of aromatic nitrogens is 4. The van der Waals surface area contributed by atoms with Crippen LogP contribution in [-0.2, 0) is 17.2 Å². The molecule has 2 aromatic heterocycles. The maximum atomic E-state index is 9.95. The van der Waals surface area contributed by atoms with Gasteiger partial charge in [-0.15, -0.1) is 0 Å². The van der Waals surface area contributed by atoms with Crippen molar-refractivity contribution in [3.05, 3.63) is 47.3 Å². The number of aryl methyl sites for hydroxylation is 1. The summed E-state index contributed by atoms with van der Waals surface area (Å²) in [6.07, 6.45) is 3.65. The van der Waals surface area contributed by atoms with E-state index in [1.165, 1.54) is 0 Å². The molecular weight excluding hydrogens is 418 g/mol. The van der Waals surface area contributed by atoms with Gasteiger partial charge in [-0.25, -0.2) is 9.97 Å². The van der Waals surface area contributed by atoms with Gasteiger partial charge in [-0.3, -0.25) is 4.68 Å². The van der Waals surface area contributed by atoms with E-state index in [2.05, 4.69) is 26.8 Å². The fraction of sp³-hybridized carbons (Fsp3) is 0.417. The number of fused-ring (bicyclic) bond motifs is 1. The van der Waals surface area contributed by atoms with Crippen LogP contribution in [0.1, 0.15) is 42.5 Å². The van der Waals surface area contributed by atoms with E-state index in [9.17, 15) is 10.4 Å². The van der Waals surface area contributed by atoms with Crippen LogP contribution in [0.15, 0.2) is 30.5 Å². The first-order valence-electron chi connectivity index (χ1n) is 11.2. The lowest BCUT2D eigenvalue weighted by molar-refractivity contribution is 0.0844. The van der Waals surface area contributed by atoms with Gasteiger partial charge in [0.2, 0.25) is 5.95 Å². The van der Waals surface area contributed by atoms with Crippen LogP contribution in [0.3, 0.4) is 0 Å². The molecule has 3 aromatic rings. The highest BCUT2D eigenvalue weighted by Gasteiger charge is 2.36. The molecule has 1 aromatic carbocycles. The smallest absolute Gasteiger partial charge is 0.228 e. The molecule has 5 rings (SSSR count). The fourth-order valence-corrected chi connectivity index (χ4v) is 4.56. The van der Waals surface area contributed by atoms with Gasteiger partial charge in [-0.05, 0) is 36.6 Å². The quantitative estimate of drug-likeness (QED) is 0.548. The molecule has 1 saturated heterocycles. The summed E-state index contributed by atoms with van der Waals surface area (Å²) < 4.78 is 7.27. The number of nitriles is 1. The van der Waals surface area contributed by atoms with E-state index in [-0.39, 0.29) is 6.61 Å². The van der Waals surface area contributed by atoms with Gasteiger partial charge in [-0.2, -0.15) is 10.4 Å². The Labute approximate surface area is 192 Å². The zero-order valence-corrected chi connectivity index (χ0v) is 18.8.